The number of hydrogen-bond donors (Lipinski definition) is 1. The fourth-order valence-corrected chi connectivity index (χ4v) is 4.30. The summed E-state index contributed by atoms with van der Waals surface area (Å²) in [7, 11) is -3.42. The highest BCUT2D eigenvalue weighted by Gasteiger charge is 2.19. The summed E-state index contributed by atoms with van der Waals surface area (Å²) in [6, 6.07) is 16.0. The Hall–Kier alpha value is -2.34. The van der Waals surface area contributed by atoms with E-state index in [0.29, 0.717) is 18.5 Å². The van der Waals surface area contributed by atoms with E-state index in [-0.39, 0.29) is 18.5 Å². The summed E-state index contributed by atoms with van der Waals surface area (Å²) < 4.78 is 26.0. The van der Waals surface area contributed by atoms with Gasteiger partial charge in [0, 0.05) is 19.0 Å². The van der Waals surface area contributed by atoms with Crippen molar-refractivity contribution < 1.29 is 13.2 Å². The van der Waals surface area contributed by atoms with E-state index in [9.17, 15) is 13.2 Å². The van der Waals surface area contributed by atoms with Gasteiger partial charge in [-0.15, -0.1) is 0 Å². The second-order valence-corrected chi connectivity index (χ2v) is 9.63. The number of hydrogen-bond acceptors (Lipinski definition) is 3. The average Bonchev–Trinajstić information content (AvgIpc) is 2.65. The van der Waals surface area contributed by atoms with Gasteiger partial charge in [0.1, 0.15) is 0 Å². The van der Waals surface area contributed by atoms with Gasteiger partial charge in [0.05, 0.1) is 11.9 Å². The monoisotopic (exact) mass is 416 g/mol. The van der Waals surface area contributed by atoms with Gasteiger partial charge in [-0.1, -0.05) is 42.5 Å². The van der Waals surface area contributed by atoms with E-state index in [1.54, 1.807) is 0 Å². The van der Waals surface area contributed by atoms with Crippen LogP contribution in [0.5, 0.6) is 0 Å². The van der Waals surface area contributed by atoms with Crippen LogP contribution < -0.4 is 9.62 Å². The third-order valence-corrected chi connectivity index (χ3v) is 6.09. The quantitative estimate of drug-likeness (QED) is 0.637. The summed E-state index contributed by atoms with van der Waals surface area (Å²) in [5.41, 5.74) is 3.85. The molecule has 1 N–H and O–H groups in total. The lowest BCUT2D eigenvalue weighted by Gasteiger charge is -2.24. The molecule has 0 saturated heterocycles. The number of carbonyl (C=O) groups excluding carboxylic acids is 1. The molecule has 0 aliphatic heterocycles. The lowest BCUT2D eigenvalue weighted by atomic mass is 10.1. The molecule has 158 valence electrons. The predicted octanol–water partition coefficient (Wildman–Crippen LogP) is 3.99. The first kappa shape index (κ1) is 22.9. The molecule has 5 nitrogen and oxygen atoms in total. The molecule has 2 aromatic rings. The van der Waals surface area contributed by atoms with Crippen LogP contribution in [-0.2, 0) is 21.2 Å². The van der Waals surface area contributed by atoms with Crippen molar-refractivity contribution >= 4 is 21.6 Å². The molecular weight excluding hydrogens is 384 g/mol. The van der Waals surface area contributed by atoms with Gasteiger partial charge in [0.25, 0.3) is 0 Å². The summed E-state index contributed by atoms with van der Waals surface area (Å²) in [4.78, 5) is 12.3. The highest BCUT2D eigenvalue weighted by molar-refractivity contribution is 7.92. The molecule has 0 unspecified atom stereocenters. The number of sulfonamides is 1. The van der Waals surface area contributed by atoms with Crippen molar-refractivity contribution in [2.45, 2.75) is 52.5 Å². The molecule has 0 aromatic heterocycles. The molecule has 6 heteroatoms. The summed E-state index contributed by atoms with van der Waals surface area (Å²) in [5.74, 6) is -0.0417. The highest BCUT2D eigenvalue weighted by atomic mass is 32.2. The molecular formula is C23H32N2O3S. The predicted molar refractivity (Wildman–Crippen MR) is 120 cm³/mol. The number of anilines is 1. The molecule has 0 bridgehead atoms. The van der Waals surface area contributed by atoms with Gasteiger partial charge >= 0.3 is 0 Å². The molecule has 0 saturated carbocycles. The van der Waals surface area contributed by atoms with Crippen LogP contribution in [0, 0.1) is 13.8 Å². The second-order valence-electron chi connectivity index (χ2n) is 7.72. The van der Waals surface area contributed by atoms with E-state index < -0.39 is 10.0 Å². The summed E-state index contributed by atoms with van der Waals surface area (Å²) >= 11 is 0. The zero-order chi connectivity index (χ0) is 21.4. The number of aryl methyl sites for hydroxylation is 3. The first-order valence-electron chi connectivity index (χ1n) is 10.0. The number of amides is 1. The fraction of sp³-hybridized carbons (Fsp3) is 0.435. The van der Waals surface area contributed by atoms with E-state index in [0.717, 1.165) is 24.0 Å². The lowest BCUT2D eigenvalue weighted by molar-refractivity contribution is -0.121. The Balaban J connectivity index is 1.85. The number of nitrogens with zero attached hydrogens (tertiary/aromatic N) is 1. The Morgan fingerprint density at radius 2 is 1.79 bits per heavy atom. The van der Waals surface area contributed by atoms with Crippen molar-refractivity contribution in [2.75, 3.05) is 17.1 Å². The molecule has 0 heterocycles. The van der Waals surface area contributed by atoms with Crippen LogP contribution in [0.4, 0.5) is 5.69 Å². The molecule has 2 aromatic carbocycles. The van der Waals surface area contributed by atoms with Gasteiger partial charge in [0.15, 0.2) is 0 Å². The van der Waals surface area contributed by atoms with E-state index in [1.165, 1.54) is 16.1 Å². The van der Waals surface area contributed by atoms with E-state index in [1.807, 2.05) is 57.2 Å². The zero-order valence-electron chi connectivity index (χ0n) is 17.8. The SMILES string of the molecule is Cc1ccc(C)c(N(CCCC(=O)N[C@H](C)CCc2ccccc2)S(C)(=O)=O)c1. The minimum absolute atomic E-state index is 0.0417. The third-order valence-electron chi connectivity index (χ3n) is 4.91. The Bertz CT molecular complexity index is 911. The normalized spacial score (nSPS) is 12.4. The van der Waals surface area contributed by atoms with Crippen molar-refractivity contribution in [1.29, 1.82) is 0 Å². The van der Waals surface area contributed by atoms with Crippen molar-refractivity contribution in [3.63, 3.8) is 0 Å². The zero-order valence-corrected chi connectivity index (χ0v) is 18.6. The van der Waals surface area contributed by atoms with Gasteiger partial charge in [-0.25, -0.2) is 8.42 Å². The largest absolute Gasteiger partial charge is 0.354 e. The van der Waals surface area contributed by atoms with Gasteiger partial charge in [0.2, 0.25) is 15.9 Å². The van der Waals surface area contributed by atoms with Crippen LogP contribution in [0.1, 0.15) is 42.9 Å². The molecule has 0 spiro atoms. The molecule has 0 radical (unpaired) electrons. The Morgan fingerprint density at radius 1 is 1.10 bits per heavy atom. The first-order chi connectivity index (χ1) is 13.7. The fourth-order valence-electron chi connectivity index (χ4n) is 3.28. The van der Waals surface area contributed by atoms with Crippen LogP contribution in [-0.4, -0.2) is 33.2 Å². The van der Waals surface area contributed by atoms with Gasteiger partial charge in [-0.3, -0.25) is 9.10 Å². The smallest absolute Gasteiger partial charge is 0.232 e. The maximum absolute atomic E-state index is 12.3. The van der Waals surface area contributed by atoms with Crippen molar-refractivity contribution in [1.82, 2.24) is 5.32 Å². The standard InChI is InChI=1S/C23H32N2O3S/c1-18-12-13-19(2)22(17-18)25(29(4,27)28)16-8-11-23(26)24-20(3)14-15-21-9-6-5-7-10-21/h5-7,9-10,12-13,17,20H,8,11,14-16H2,1-4H3,(H,24,26)/t20-/m1/s1. The lowest BCUT2D eigenvalue weighted by Crippen LogP contribution is -2.35. The van der Waals surface area contributed by atoms with Gasteiger partial charge < -0.3 is 5.32 Å². The first-order valence-corrected chi connectivity index (χ1v) is 11.9. The number of benzene rings is 2. The molecule has 0 aliphatic carbocycles. The van der Waals surface area contributed by atoms with Gasteiger partial charge in [-0.05, 0) is 62.8 Å². The number of carbonyl (C=O) groups is 1. The molecule has 0 aliphatic rings. The Labute approximate surface area is 175 Å². The minimum atomic E-state index is -3.42. The topological polar surface area (TPSA) is 66.5 Å². The number of nitrogens with one attached hydrogen (secondary N) is 1. The maximum Gasteiger partial charge on any atom is 0.232 e. The van der Waals surface area contributed by atoms with Crippen LogP contribution in [0.15, 0.2) is 48.5 Å². The third kappa shape index (κ3) is 7.54. The highest BCUT2D eigenvalue weighted by Crippen LogP contribution is 2.24. The second kappa shape index (κ2) is 10.4. The Morgan fingerprint density at radius 3 is 2.45 bits per heavy atom. The van der Waals surface area contributed by atoms with Crippen LogP contribution in [0.25, 0.3) is 0 Å². The molecule has 1 amide bonds. The molecule has 0 fully saturated rings. The average molecular weight is 417 g/mol. The maximum atomic E-state index is 12.3. The van der Waals surface area contributed by atoms with E-state index in [2.05, 4.69) is 17.4 Å². The molecule has 1 atom stereocenters. The van der Waals surface area contributed by atoms with Crippen molar-refractivity contribution in [3.05, 3.63) is 65.2 Å². The van der Waals surface area contributed by atoms with Crippen LogP contribution >= 0.6 is 0 Å². The van der Waals surface area contributed by atoms with Crippen LogP contribution in [0.3, 0.4) is 0 Å². The van der Waals surface area contributed by atoms with Gasteiger partial charge in [-0.2, -0.15) is 0 Å². The number of rotatable bonds is 10. The van der Waals surface area contributed by atoms with E-state index >= 15 is 0 Å². The summed E-state index contributed by atoms with van der Waals surface area (Å²) in [6.07, 6.45) is 3.76. The van der Waals surface area contributed by atoms with Crippen LogP contribution in [0.2, 0.25) is 0 Å². The van der Waals surface area contributed by atoms with Crippen molar-refractivity contribution in [2.24, 2.45) is 0 Å². The molecule has 2 rings (SSSR count). The van der Waals surface area contributed by atoms with Crippen molar-refractivity contribution in [3.8, 4) is 0 Å². The summed E-state index contributed by atoms with van der Waals surface area (Å²) in [5, 5.41) is 3.02. The minimum Gasteiger partial charge on any atom is -0.354 e. The van der Waals surface area contributed by atoms with E-state index in [4.69, 9.17) is 0 Å². The molecule has 29 heavy (non-hydrogen) atoms. The Kier molecular flexibility index (Phi) is 8.26. The summed E-state index contributed by atoms with van der Waals surface area (Å²) in [6.45, 7) is 6.12.